The van der Waals surface area contributed by atoms with Gasteiger partial charge in [0.15, 0.2) is 0 Å². The normalized spacial score (nSPS) is 10.7. The van der Waals surface area contributed by atoms with E-state index < -0.39 is 0 Å². The molecule has 0 atom stereocenters. The summed E-state index contributed by atoms with van der Waals surface area (Å²) in [5.74, 6) is 1.25. The number of pyridine rings is 1. The summed E-state index contributed by atoms with van der Waals surface area (Å²) in [6.07, 6.45) is 0. The number of rotatable bonds is 7. The number of carbonyl (C=O) groups is 1. The maximum atomic E-state index is 13.0. The highest BCUT2D eigenvalue weighted by molar-refractivity contribution is 6.32. The standard InChI is InChI=1S/C26H23ClN2O4/c1-4-33-23-14-21(16-8-6-5-7-9-16)28-20-11-10-17(12-18(20)23)26(30)29-22-13-19(27)24(31-2)15-25(22)32-3/h5-15H,4H2,1-3H3,(H,29,30). The summed E-state index contributed by atoms with van der Waals surface area (Å²) in [4.78, 5) is 17.8. The summed E-state index contributed by atoms with van der Waals surface area (Å²) in [6.45, 7) is 2.41. The van der Waals surface area contributed by atoms with Gasteiger partial charge in [-0.2, -0.15) is 0 Å². The van der Waals surface area contributed by atoms with Crippen LogP contribution in [0.4, 0.5) is 5.69 Å². The van der Waals surface area contributed by atoms with Crippen LogP contribution in [-0.2, 0) is 0 Å². The van der Waals surface area contributed by atoms with Gasteiger partial charge in [0.05, 0.1) is 42.7 Å². The van der Waals surface area contributed by atoms with E-state index in [0.29, 0.717) is 40.1 Å². The Balaban J connectivity index is 1.71. The molecule has 0 bridgehead atoms. The third-order valence-electron chi connectivity index (χ3n) is 5.12. The highest BCUT2D eigenvalue weighted by atomic mass is 35.5. The highest BCUT2D eigenvalue weighted by Gasteiger charge is 2.16. The average molecular weight is 463 g/mol. The Kier molecular flexibility index (Phi) is 6.66. The first-order chi connectivity index (χ1) is 16.0. The summed E-state index contributed by atoms with van der Waals surface area (Å²) in [5, 5.41) is 3.98. The van der Waals surface area contributed by atoms with E-state index in [4.69, 9.17) is 30.8 Å². The van der Waals surface area contributed by atoms with Crippen molar-refractivity contribution < 1.29 is 19.0 Å². The molecule has 1 aromatic heterocycles. The molecule has 1 amide bonds. The van der Waals surface area contributed by atoms with E-state index in [2.05, 4.69) is 5.32 Å². The van der Waals surface area contributed by atoms with Gasteiger partial charge < -0.3 is 19.5 Å². The van der Waals surface area contributed by atoms with Gasteiger partial charge in [0, 0.05) is 28.6 Å². The Morgan fingerprint density at radius 2 is 1.70 bits per heavy atom. The fourth-order valence-electron chi connectivity index (χ4n) is 3.52. The lowest BCUT2D eigenvalue weighted by Gasteiger charge is -2.14. The van der Waals surface area contributed by atoms with Crippen LogP contribution in [0.2, 0.25) is 5.02 Å². The van der Waals surface area contributed by atoms with Gasteiger partial charge in [-0.3, -0.25) is 4.79 Å². The summed E-state index contributed by atoms with van der Waals surface area (Å²) >= 11 is 6.23. The Hall–Kier alpha value is -3.77. The second-order valence-corrected chi connectivity index (χ2v) is 7.58. The second-order valence-electron chi connectivity index (χ2n) is 7.18. The first kappa shape index (κ1) is 22.4. The number of aromatic nitrogens is 1. The Morgan fingerprint density at radius 1 is 0.939 bits per heavy atom. The number of ether oxygens (including phenoxy) is 3. The SMILES string of the molecule is CCOc1cc(-c2ccccc2)nc2ccc(C(=O)Nc3cc(Cl)c(OC)cc3OC)cc12. The highest BCUT2D eigenvalue weighted by Crippen LogP contribution is 2.36. The van der Waals surface area contributed by atoms with E-state index >= 15 is 0 Å². The van der Waals surface area contributed by atoms with Crippen molar-refractivity contribution in [1.29, 1.82) is 0 Å². The zero-order valence-corrected chi connectivity index (χ0v) is 19.3. The molecule has 7 heteroatoms. The lowest BCUT2D eigenvalue weighted by molar-refractivity contribution is 0.102. The van der Waals surface area contributed by atoms with E-state index in [1.165, 1.54) is 14.2 Å². The van der Waals surface area contributed by atoms with Crippen molar-refractivity contribution in [2.45, 2.75) is 6.92 Å². The number of anilines is 1. The third-order valence-corrected chi connectivity index (χ3v) is 5.42. The number of hydrogen-bond donors (Lipinski definition) is 1. The van der Waals surface area contributed by atoms with E-state index in [1.54, 1.807) is 24.3 Å². The van der Waals surface area contributed by atoms with Crippen LogP contribution in [0.5, 0.6) is 17.2 Å². The Labute approximate surface area is 197 Å². The van der Waals surface area contributed by atoms with Crippen molar-refractivity contribution >= 4 is 34.1 Å². The van der Waals surface area contributed by atoms with E-state index in [9.17, 15) is 4.79 Å². The van der Waals surface area contributed by atoms with Crippen LogP contribution in [0, 0.1) is 0 Å². The molecule has 0 aliphatic rings. The molecule has 0 saturated heterocycles. The van der Waals surface area contributed by atoms with Gasteiger partial charge in [0.2, 0.25) is 0 Å². The molecule has 4 rings (SSSR count). The number of benzene rings is 3. The zero-order chi connectivity index (χ0) is 23.4. The van der Waals surface area contributed by atoms with Crippen molar-refractivity contribution in [1.82, 2.24) is 4.98 Å². The largest absolute Gasteiger partial charge is 0.495 e. The van der Waals surface area contributed by atoms with Gasteiger partial charge in [-0.05, 0) is 31.2 Å². The smallest absolute Gasteiger partial charge is 0.255 e. The average Bonchev–Trinajstić information content (AvgIpc) is 2.84. The number of nitrogens with zero attached hydrogens (tertiary/aromatic N) is 1. The minimum atomic E-state index is -0.314. The third kappa shape index (κ3) is 4.71. The van der Waals surface area contributed by atoms with Crippen LogP contribution in [0.1, 0.15) is 17.3 Å². The molecule has 0 fully saturated rings. The quantitative estimate of drug-likeness (QED) is 0.353. The van der Waals surface area contributed by atoms with Crippen molar-refractivity contribution in [3.8, 4) is 28.5 Å². The van der Waals surface area contributed by atoms with E-state index in [-0.39, 0.29) is 5.91 Å². The monoisotopic (exact) mass is 462 g/mol. The minimum absolute atomic E-state index is 0.314. The van der Waals surface area contributed by atoms with Gasteiger partial charge in [-0.15, -0.1) is 0 Å². The molecule has 1 heterocycles. The number of amides is 1. The molecular formula is C26H23ClN2O4. The van der Waals surface area contributed by atoms with Crippen molar-refractivity contribution in [2.24, 2.45) is 0 Å². The Morgan fingerprint density at radius 3 is 2.39 bits per heavy atom. The molecule has 0 aliphatic heterocycles. The number of carbonyl (C=O) groups excluding carboxylic acids is 1. The number of fused-ring (bicyclic) bond motifs is 1. The molecule has 6 nitrogen and oxygen atoms in total. The number of hydrogen-bond acceptors (Lipinski definition) is 5. The lowest BCUT2D eigenvalue weighted by Crippen LogP contribution is -2.13. The van der Waals surface area contributed by atoms with Crippen molar-refractivity contribution in [3.05, 3.63) is 77.3 Å². The second kappa shape index (κ2) is 9.79. The summed E-state index contributed by atoms with van der Waals surface area (Å²) < 4.78 is 16.5. The van der Waals surface area contributed by atoms with Crippen LogP contribution in [-0.4, -0.2) is 31.7 Å². The number of halogens is 1. The molecule has 168 valence electrons. The predicted molar refractivity (Wildman–Crippen MR) is 131 cm³/mol. The molecule has 33 heavy (non-hydrogen) atoms. The van der Waals surface area contributed by atoms with Crippen molar-refractivity contribution in [2.75, 3.05) is 26.1 Å². The van der Waals surface area contributed by atoms with Gasteiger partial charge >= 0.3 is 0 Å². The number of nitrogens with one attached hydrogen (secondary N) is 1. The summed E-state index contributed by atoms with van der Waals surface area (Å²) in [5.41, 5.74) is 3.43. The lowest BCUT2D eigenvalue weighted by atomic mass is 10.1. The molecule has 3 aromatic carbocycles. The fraction of sp³-hybridized carbons (Fsp3) is 0.154. The summed E-state index contributed by atoms with van der Waals surface area (Å²) in [7, 11) is 3.03. The van der Waals surface area contributed by atoms with Crippen LogP contribution < -0.4 is 19.5 Å². The van der Waals surface area contributed by atoms with Gasteiger partial charge in [0.1, 0.15) is 17.2 Å². The minimum Gasteiger partial charge on any atom is -0.495 e. The maximum absolute atomic E-state index is 13.0. The summed E-state index contributed by atoms with van der Waals surface area (Å²) in [6, 6.07) is 20.3. The molecule has 4 aromatic rings. The van der Waals surface area contributed by atoms with Crippen molar-refractivity contribution in [3.63, 3.8) is 0 Å². The topological polar surface area (TPSA) is 69.7 Å². The zero-order valence-electron chi connectivity index (χ0n) is 18.5. The van der Waals surface area contributed by atoms with Gasteiger partial charge in [0.25, 0.3) is 5.91 Å². The Bertz CT molecular complexity index is 1310. The van der Waals surface area contributed by atoms with E-state index in [1.807, 2.05) is 49.4 Å². The molecule has 0 saturated carbocycles. The maximum Gasteiger partial charge on any atom is 0.255 e. The molecule has 0 unspecified atom stereocenters. The molecule has 0 aliphatic carbocycles. The molecular weight excluding hydrogens is 440 g/mol. The van der Waals surface area contributed by atoms with Crippen LogP contribution in [0.15, 0.2) is 66.7 Å². The van der Waals surface area contributed by atoms with Crippen LogP contribution in [0.3, 0.4) is 0 Å². The predicted octanol–water partition coefficient (Wildman–Crippen LogP) is 6.22. The molecule has 0 radical (unpaired) electrons. The fourth-order valence-corrected chi connectivity index (χ4v) is 3.76. The van der Waals surface area contributed by atoms with Gasteiger partial charge in [-0.1, -0.05) is 41.9 Å². The molecule has 0 spiro atoms. The van der Waals surface area contributed by atoms with Gasteiger partial charge in [-0.25, -0.2) is 4.98 Å². The number of methoxy groups -OCH3 is 2. The molecule has 1 N–H and O–H groups in total. The van der Waals surface area contributed by atoms with Crippen LogP contribution >= 0.6 is 11.6 Å². The van der Waals surface area contributed by atoms with Crippen LogP contribution in [0.25, 0.3) is 22.2 Å². The first-order valence-electron chi connectivity index (χ1n) is 10.4. The first-order valence-corrected chi connectivity index (χ1v) is 10.8. The van der Waals surface area contributed by atoms with E-state index in [0.717, 1.165) is 22.2 Å².